The number of hydrogen-bond donors (Lipinski definition) is 0. The summed E-state index contributed by atoms with van der Waals surface area (Å²) in [7, 11) is 12.0. The number of hydrogen-bond acceptors (Lipinski definition) is 9. The Labute approximate surface area is 199 Å². The van der Waals surface area contributed by atoms with Gasteiger partial charge in [-0.15, -0.1) is 0 Å². The SMILES string of the molecule is COc1cc(/C=C/C(=O)/C=C/c2cc(OC)c(OC)c(OC)c2OC)c(OC)c(OC)c1OC. The van der Waals surface area contributed by atoms with Gasteiger partial charge in [-0.1, -0.05) is 0 Å². The summed E-state index contributed by atoms with van der Waals surface area (Å²) in [5, 5.41) is 0. The van der Waals surface area contributed by atoms with E-state index in [-0.39, 0.29) is 5.78 Å². The van der Waals surface area contributed by atoms with Crippen LogP contribution in [0.15, 0.2) is 24.3 Å². The Bertz CT molecular complexity index is 988. The van der Waals surface area contributed by atoms with E-state index in [0.29, 0.717) is 57.1 Å². The van der Waals surface area contributed by atoms with Gasteiger partial charge in [-0.05, 0) is 36.4 Å². The van der Waals surface area contributed by atoms with E-state index in [1.807, 2.05) is 0 Å². The third-order valence-corrected chi connectivity index (χ3v) is 4.89. The van der Waals surface area contributed by atoms with E-state index in [4.69, 9.17) is 37.9 Å². The summed E-state index contributed by atoms with van der Waals surface area (Å²) in [6, 6.07) is 3.38. The van der Waals surface area contributed by atoms with Crippen LogP contribution in [0.5, 0.6) is 46.0 Å². The summed E-state index contributed by atoms with van der Waals surface area (Å²) in [6.07, 6.45) is 5.99. The molecule has 0 aromatic heterocycles. The van der Waals surface area contributed by atoms with E-state index in [2.05, 4.69) is 0 Å². The molecule has 2 aromatic rings. The summed E-state index contributed by atoms with van der Waals surface area (Å²) < 4.78 is 43.3. The van der Waals surface area contributed by atoms with Crippen molar-refractivity contribution in [3.05, 3.63) is 35.4 Å². The summed E-state index contributed by atoms with van der Waals surface area (Å²) in [5.41, 5.74) is 1.15. The molecule has 0 atom stereocenters. The Morgan fingerprint density at radius 3 is 1.09 bits per heavy atom. The van der Waals surface area contributed by atoms with Crippen LogP contribution in [-0.4, -0.2) is 62.7 Å². The Morgan fingerprint density at radius 2 is 0.824 bits per heavy atom. The molecule has 0 N–H and O–H groups in total. The zero-order valence-corrected chi connectivity index (χ0v) is 20.6. The third-order valence-electron chi connectivity index (χ3n) is 4.89. The molecule has 0 spiro atoms. The van der Waals surface area contributed by atoms with E-state index in [1.54, 1.807) is 24.3 Å². The van der Waals surface area contributed by atoms with Crippen molar-refractivity contribution in [3.8, 4) is 46.0 Å². The molecule has 0 unspecified atom stereocenters. The van der Waals surface area contributed by atoms with Gasteiger partial charge in [0.25, 0.3) is 0 Å². The van der Waals surface area contributed by atoms with Crippen LogP contribution in [0.4, 0.5) is 0 Å². The number of benzene rings is 2. The van der Waals surface area contributed by atoms with Crippen LogP contribution in [-0.2, 0) is 4.79 Å². The maximum atomic E-state index is 12.6. The molecule has 2 rings (SSSR count). The molecule has 0 aliphatic rings. The van der Waals surface area contributed by atoms with Crippen LogP contribution >= 0.6 is 0 Å². The molecule has 9 heteroatoms. The second-order valence-corrected chi connectivity index (χ2v) is 6.60. The van der Waals surface area contributed by atoms with Crippen molar-refractivity contribution < 1.29 is 42.7 Å². The topological polar surface area (TPSA) is 90.9 Å². The van der Waals surface area contributed by atoms with Crippen LogP contribution in [0.2, 0.25) is 0 Å². The Morgan fingerprint density at radius 1 is 0.500 bits per heavy atom. The molecule has 2 aromatic carbocycles. The number of allylic oxidation sites excluding steroid dienone is 2. The lowest BCUT2D eigenvalue weighted by atomic mass is 10.1. The second kappa shape index (κ2) is 12.3. The fraction of sp³-hybridized carbons (Fsp3) is 0.320. The van der Waals surface area contributed by atoms with Crippen LogP contribution in [0.3, 0.4) is 0 Å². The first-order chi connectivity index (χ1) is 16.4. The quantitative estimate of drug-likeness (QED) is 0.423. The van der Waals surface area contributed by atoms with Crippen molar-refractivity contribution in [1.82, 2.24) is 0 Å². The van der Waals surface area contributed by atoms with E-state index >= 15 is 0 Å². The Balaban J connectivity index is 2.44. The highest BCUT2D eigenvalue weighted by Crippen LogP contribution is 2.48. The van der Waals surface area contributed by atoms with Crippen molar-refractivity contribution in [2.75, 3.05) is 56.9 Å². The lowest BCUT2D eigenvalue weighted by Crippen LogP contribution is -2.00. The highest BCUT2D eigenvalue weighted by Gasteiger charge is 2.21. The number of ketones is 1. The minimum atomic E-state index is -0.286. The molecule has 0 saturated carbocycles. The van der Waals surface area contributed by atoms with Gasteiger partial charge in [-0.25, -0.2) is 0 Å². The molecule has 34 heavy (non-hydrogen) atoms. The van der Waals surface area contributed by atoms with Crippen LogP contribution in [0.1, 0.15) is 11.1 Å². The molecule has 0 radical (unpaired) electrons. The molecule has 0 amide bonds. The number of carbonyl (C=O) groups is 1. The van der Waals surface area contributed by atoms with Gasteiger partial charge in [0.1, 0.15) is 0 Å². The first-order valence-electron chi connectivity index (χ1n) is 10.1. The first-order valence-corrected chi connectivity index (χ1v) is 10.1. The maximum Gasteiger partial charge on any atom is 0.207 e. The predicted molar refractivity (Wildman–Crippen MR) is 128 cm³/mol. The van der Waals surface area contributed by atoms with Crippen molar-refractivity contribution in [2.24, 2.45) is 0 Å². The molecule has 9 nitrogen and oxygen atoms in total. The number of carbonyl (C=O) groups excluding carboxylic acids is 1. The van der Waals surface area contributed by atoms with Gasteiger partial charge in [0.2, 0.25) is 23.0 Å². The van der Waals surface area contributed by atoms with Crippen LogP contribution in [0.25, 0.3) is 12.2 Å². The average Bonchev–Trinajstić information content (AvgIpc) is 2.87. The lowest BCUT2D eigenvalue weighted by molar-refractivity contribution is -0.110. The van der Waals surface area contributed by atoms with Gasteiger partial charge in [0.15, 0.2) is 28.8 Å². The summed E-state index contributed by atoms with van der Waals surface area (Å²) >= 11 is 0. The molecule has 0 fully saturated rings. The molecule has 0 saturated heterocycles. The summed E-state index contributed by atoms with van der Waals surface area (Å²) in [5.74, 6) is 2.88. The van der Waals surface area contributed by atoms with Gasteiger partial charge >= 0.3 is 0 Å². The molecule has 0 aliphatic heterocycles. The highest BCUT2D eigenvalue weighted by molar-refractivity contribution is 6.05. The number of rotatable bonds is 12. The van der Waals surface area contributed by atoms with Gasteiger partial charge in [0, 0.05) is 11.1 Å². The molecule has 0 aliphatic carbocycles. The number of ether oxygens (including phenoxy) is 8. The minimum absolute atomic E-state index is 0.286. The van der Waals surface area contributed by atoms with Crippen molar-refractivity contribution in [3.63, 3.8) is 0 Å². The smallest absolute Gasteiger partial charge is 0.207 e. The number of methoxy groups -OCH3 is 8. The monoisotopic (exact) mass is 474 g/mol. The second-order valence-electron chi connectivity index (χ2n) is 6.60. The van der Waals surface area contributed by atoms with Crippen LogP contribution < -0.4 is 37.9 Å². The zero-order valence-electron chi connectivity index (χ0n) is 20.6. The first kappa shape index (κ1) is 26.2. The molecule has 184 valence electrons. The highest BCUT2D eigenvalue weighted by atomic mass is 16.6. The van der Waals surface area contributed by atoms with Gasteiger partial charge in [-0.3, -0.25) is 4.79 Å². The normalized spacial score (nSPS) is 10.8. The van der Waals surface area contributed by atoms with Gasteiger partial charge < -0.3 is 37.9 Å². The van der Waals surface area contributed by atoms with E-state index in [1.165, 1.54) is 69.0 Å². The van der Waals surface area contributed by atoms with Crippen molar-refractivity contribution in [2.45, 2.75) is 0 Å². The molecule has 0 heterocycles. The zero-order chi connectivity index (χ0) is 25.3. The Kier molecular flexibility index (Phi) is 9.49. The summed E-state index contributed by atoms with van der Waals surface area (Å²) in [6.45, 7) is 0. The standard InChI is InChI=1S/C25H30O9/c1-27-18-13-15(20(29-3)24(33-7)22(18)31-5)9-11-17(26)12-10-16-14-19(28-2)23(32-6)25(34-8)21(16)30-4/h9-14H,1-8H3/b11-9+,12-10+. The summed E-state index contributed by atoms with van der Waals surface area (Å²) in [4.78, 5) is 12.6. The molecular weight excluding hydrogens is 444 g/mol. The lowest BCUT2D eigenvalue weighted by Gasteiger charge is -2.17. The van der Waals surface area contributed by atoms with Crippen molar-refractivity contribution >= 4 is 17.9 Å². The Hall–Kier alpha value is -4.01. The maximum absolute atomic E-state index is 12.6. The average molecular weight is 475 g/mol. The van der Waals surface area contributed by atoms with E-state index in [0.717, 1.165) is 0 Å². The van der Waals surface area contributed by atoms with Gasteiger partial charge in [-0.2, -0.15) is 0 Å². The minimum Gasteiger partial charge on any atom is -0.493 e. The van der Waals surface area contributed by atoms with E-state index < -0.39 is 0 Å². The van der Waals surface area contributed by atoms with Crippen molar-refractivity contribution in [1.29, 1.82) is 0 Å². The van der Waals surface area contributed by atoms with Crippen LogP contribution in [0, 0.1) is 0 Å². The fourth-order valence-electron chi connectivity index (χ4n) is 3.37. The predicted octanol–water partition coefficient (Wildman–Crippen LogP) is 4.05. The third kappa shape index (κ3) is 5.31. The fourth-order valence-corrected chi connectivity index (χ4v) is 3.37. The molecular formula is C25H30O9. The van der Waals surface area contributed by atoms with Gasteiger partial charge in [0.05, 0.1) is 56.9 Å². The van der Waals surface area contributed by atoms with E-state index in [9.17, 15) is 4.79 Å². The molecule has 0 bridgehead atoms. The largest absolute Gasteiger partial charge is 0.493 e.